The Morgan fingerprint density at radius 3 is 2.80 bits per heavy atom. The zero-order valence-electron chi connectivity index (χ0n) is 11.7. The van der Waals surface area contributed by atoms with Crippen LogP contribution in [0, 0.1) is 5.92 Å². The lowest BCUT2D eigenvalue weighted by Gasteiger charge is -2.50. The van der Waals surface area contributed by atoms with Crippen molar-refractivity contribution in [3.63, 3.8) is 0 Å². The molecule has 1 unspecified atom stereocenters. The van der Waals surface area contributed by atoms with Gasteiger partial charge in [-0.05, 0) is 49.1 Å². The van der Waals surface area contributed by atoms with Gasteiger partial charge in [0, 0.05) is 18.7 Å². The first-order valence-corrected chi connectivity index (χ1v) is 7.80. The first-order valence-electron chi connectivity index (χ1n) is 7.80. The predicted octanol–water partition coefficient (Wildman–Crippen LogP) is 2.64. The molecule has 5 heterocycles. The van der Waals surface area contributed by atoms with Crippen molar-refractivity contribution in [2.24, 2.45) is 5.92 Å². The molecule has 5 aliphatic heterocycles. The van der Waals surface area contributed by atoms with E-state index in [0.29, 0.717) is 0 Å². The van der Waals surface area contributed by atoms with Gasteiger partial charge in [-0.3, -0.25) is 9.90 Å². The lowest BCUT2D eigenvalue weighted by atomic mass is 9.73. The van der Waals surface area contributed by atoms with Gasteiger partial charge in [0.15, 0.2) is 0 Å². The van der Waals surface area contributed by atoms with E-state index in [2.05, 4.69) is 40.3 Å². The molecule has 5 aliphatic rings. The largest absolute Gasteiger partial charge is 0.300 e. The maximum absolute atomic E-state index is 6.51. The van der Waals surface area contributed by atoms with E-state index in [-0.39, 0.29) is 5.60 Å². The summed E-state index contributed by atoms with van der Waals surface area (Å²) < 4.78 is 0. The summed E-state index contributed by atoms with van der Waals surface area (Å²) in [5.74, 6) is 0.752. The molecule has 1 aromatic carbocycles. The fraction of sp³-hybridized carbons (Fsp3) is 0.529. The van der Waals surface area contributed by atoms with Crippen LogP contribution in [0.25, 0.3) is 6.08 Å². The Labute approximate surface area is 119 Å². The zero-order valence-corrected chi connectivity index (χ0v) is 11.7. The van der Waals surface area contributed by atoms with Crippen LogP contribution in [0.3, 0.4) is 0 Å². The summed E-state index contributed by atoms with van der Waals surface area (Å²) in [6, 6.07) is 8.69. The van der Waals surface area contributed by atoms with Gasteiger partial charge >= 0.3 is 0 Å². The van der Waals surface area contributed by atoms with E-state index >= 15 is 0 Å². The number of benzene rings is 1. The van der Waals surface area contributed by atoms with Gasteiger partial charge in [-0.15, -0.1) is 0 Å². The summed E-state index contributed by atoms with van der Waals surface area (Å²) in [6.45, 7) is 4.59. The molecular weight excluding hydrogens is 248 g/mol. The average Bonchev–Trinajstić information content (AvgIpc) is 2.82. The Hall–Kier alpha value is -1.32. The summed E-state index contributed by atoms with van der Waals surface area (Å²) >= 11 is 0. The average molecular weight is 268 g/mol. The topological polar surface area (TPSA) is 15.7 Å². The van der Waals surface area contributed by atoms with E-state index in [0.717, 1.165) is 25.4 Å². The molecule has 3 heteroatoms. The van der Waals surface area contributed by atoms with Gasteiger partial charge in [0.1, 0.15) is 5.60 Å². The van der Waals surface area contributed by atoms with E-state index in [9.17, 15) is 0 Å². The summed E-state index contributed by atoms with van der Waals surface area (Å²) in [5, 5.41) is 2.17. The molecule has 1 spiro atoms. The van der Waals surface area contributed by atoms with Gasteiger partial charge in [-0.1, -0.05) is 24.3 Å². The van der Waals surface area contributed by atoms with Crippen molar-refractivity contribution in [1.29, 1.82) is 0 Å². The van der Waals surface area contributed by atoms with Crippen LogP contribution in [-0.4, -0.2) is 35.2 Å². The second-order valence-corrected chi connectivity index (χ2v) is 6.75. The normalized spacial score (nSPS) is 37.8. The highest BCUT2D eigenvalue weighted by Gasteiger charge is 2.54. The Morgan fingerprint density at radius 1 is 1.15 bits per heavy atom. The summed E-state index contributed by atoms with van der Waals surface area (Å²) in [4.78, 5) is 9.10. The minimum absolute atomic E-state index is 0.0738. The smallest absolute Gasteiger partial charge is 0.117 e. The highest BCUT2D eigenvalue weighted by atomic mass is 16.7. The molecule has 6 rings (SSSR count). The lowest BCUT2D eigenvalue weighted by Crippen LogP contribution is -2.59. The minimum Gasteiger partial charge on any atom is -0.300 e. The zero-order chi connectivity index (χ0) is 13.2. The Balaban J connectivity index is 1.50. The number of hydrogen-bond acceptors (Lipinski definition) is 3. The van der Waals surface area contributed by atoms with E-state index in [1.807, 2.05) is 0 Å². The van der Waals surface area contributed by atoms with Crippen molar-refractivity contribution >= 4 is 6.08 Å². The van der Waals surface area contributed by atoms with Gasteiger partial charge in [0.25, 0.3) is 0 Å². The number of hydrogen-bond donors (Lipinski definition) is 0. The van der Waals surface area contributed by atoms with Gasteiger partial charge in [0.2, 0.25) is 0 Å². The molecule has 104 valence electrons. The first kappa shape index (κ1) is 11.4. The molecule has 0 radical (unpaired) electrons. The van der Waals surface area contributed by atoms with Crippen LogP contribution in [0.2, 0.25) is 0 Å². The predicted molar refractivity (Wildman–Crippen MR) is 77.6 cm³/mol. The van der Waals surface area contributed by atoms with Gasteiger partial charge in [0.05, 0.1) is 6.54 Å². The number of fused-ring (bicyclic) bond motifs is 4. The van der Waals surface area contributed by atoms with E-state index in [1.54, 1.807) is 0 Å². The van der Waals surface area contributed by atoms with Crippen LogP contribution in [0.5, 0.6) is 0 Å². The highest BCUT2D eigenvalue weighted by molar-refractivity contribution is 5.59. The van der Waals surface area contributed by atoms with Crippen LogP contribution in [-0.2, 0) is 11.4 Å². The van der Waals surface area contributed by atoms with E-state index < -0.39 is 0 Å². The second kappa shape index (κ2) is 3.86. The molecule has 20 heavy (non-hydrogen) atoms. The number of piperidine rings is 3. The quantitative estimate of drug-likeness (QED) is 0.719. The van der Waals surface area contributed by atoms with E-state index in [4.69, 9.17) is 4.84 Å². The lowest BCUT2D eigenvalue weighted by molar-refractivity contribution is -0.239. The van der Waals surface area contributed by atoms with Crippen molar-refractivity contribution in [1.82, 2.24) is 9.96 Å². The van der Waals surface area contributed by atoms with Crippen LogP contribution >= 0.6 is 0 Å². The van der Waals surface area contributed by atoms with Crippen LogP contribution in [0.15, 0.2) is 30.0 Å². The fourth-order valence-corrected chi connectivity index (χ4v) is 4.54. The number of rotatable bonds is 0. The molecule has 2 bridgehead atoms. The van der Waals surface area contributed by atoms with E-state index in [1.165, 1.54) is 42.8 Å². The molecule has 0 amide bonds. The number of nitrogens with zero attached hydrogens (tertiary/aromatic N) is 2. The summed E-state index contributed by atoms with van der Waals surface area (Å²) in [6.07, 6.45) is 6.07. The van der Waals surface area contributed by atoms with Gasteiger partial charge in [-0.2, -0.15) is 0 Å². The second-order valence-electron chi connectivity index (χ2n) is 6.75. The van der Waals surface area contributed by atoms with Crippen molar-refractivity contribution in [3.05, 3.63) is 41.1 Å². The molecule has 4 fully saturated rings. The van der Waals surface area contributed by atoms with Crippen LogP contribution < -0.4 is 0 Å². The minimum atomic E-state index is 0.0738. The fourth-order valence-electron chi connectivity index (χ4n) is 4.54. The molecule has 4 saturated heterocycles. The summed E-state index contributed by atoms with van der Waals surface area (Å²) in [7, 11) is 0. The Bertz CT molecular complexity index is 588. The maximum Gasteiger partial charge on any atom is 0.117 e. The Morgan fingerprint density at radius 2 is 2.00 bits per heavy atom. The van der Waals surface area contributed by atoms with Crippen molar-refractivity contribution < 1.29 is 4.84 Å². The van der Waals surface area contributed by atoms with Gasteiger partial charge < -0.3 is 4.90 Å². The van der Waals surface area contributed by atoms with Crippen LogP contribution in [0.4, 0.5) is 0 Å². The van der Waals surface area contributed by atoms with Crippen molar-refractivity contribution in [2.45, 2.75) is 31.4 Å². The first-order chi connectivity index (χ1) is 9.82. The molecule has 1 aromatic rings. The Kier molecular flexibility index (Phi) is 2.19. The molecule has 0 saturated carbocycles. The maximum atomic E-state index is 6.51. The highest BCUT2D eigenvalue weighted by Crippen LogP contribution is 2.49. The third-order valence-corrected chi connectivity index (χ3v) is 5.61. The third kappa shape index (κ3) is 1.48. The molecular formula is C17H20N2O. The van der Waals surface area contributed by atoms with Crippen molar-refractivity contribution in [3.8, 4) is 0 Å². The molecule has 1 atom stereocenters. The molecule has 3 nitrogen and oxygen atoms in total. The molecule has 0 aliphatic carbocycles. The molecule has 0 N–H and O–H groups in total. The SMILES string of the molecule is C1=C2CC3(CN4CCC3CC4)ON2Cc2ccccc21. The van der Waals surface area contributed by atoms with Crippen LogP contribution in [0.1, 0.15) is 30.4 Å². The standard InChI is InChI=1S/C17H20N2O/c1-2-4-14-11-19-16(9-13(14)3-1)10-17(20-19)12-18-7-5-15(17)6-8-18/h1-4,9,15H,5-8,10-12H2. The summed E-state index contributed by atoms with van der Waals surface area (Å²) in [5.41, 5.74) is 4.22. The van der Waals surface area contributed by atoms with Gasteiger partial charge in [-0.25, -0.2) is 0 Å². The third-order valence-electron chi connectivity index (χ3n) is 5.61. The number of hydroxylamine groups is 2. The monoisotopic (exact) mass is 268 g/mol. The molecule has 0 aromatic heterocycles. The van der Waals surface area contributed by atoms with Crippen molar-refractivity contribution in [2.75, 3.05) is 19.6 Å².